The topological polar surface area (TPSA) is 88.9 Å². The van der Waals surface area contributed by atoms with Crippen LogP contribution in [0.5, 0.6) is 0 Å². The van der Waals surface area contributed by atoms with Crippen LogP contribution < -0.4 is 10.2 Å². The van der Waals surface area contributed by atoms with Gasteiger partial charge in [-0.3, -0.25) is 14.9 Å². The first-order chi connectivity index (χ1) is 15.8. The number of hydrogen-bond donors (Lipinski definition) is 1. The van der Waals surface area contributed by atoms with Crippen LogP contribution in [-0.4, -0.2) is 30.0 Å². The van der Waals surface area contributed by atoms with Crippen LogP contribution in [0.2, 0.25) is 0 Å². The van der Waals surface area contributed by atoms with E-state index in [1.54, 1.807) is 36.4 Å². The van der Waals surface area contributed by atoms with E-state index in [4.69, 9.17) is 21.4 Å². The Morgan fingerprint density at radius 3 is 2.61 bits per heavy atom. The summed E-state index contributed by atoms with van der Waals surface area (Å²) >= 11 is 5.08. The first-order valence-electron chi connectivity index (χ1n) is 9.75. The van der Waals surface area contributed by atoms with Crippen molar-refractivity contribution >= 4 is 46.9 Å². The molecule has 0 aliphatic carbocycles. The van der Waals surface area contributed by atoms with E-state index in [1.165, 1.54) is 31.4 Å². The van der Waals surface area contributed by atoms with Gasteiger partial charge >= 0.3 is 5.97 Å². The maximum absolute atomic E-state index is 14.3. The standard InChI is InChI=1S/C24H17FN2O5S/c1-13-11-14(23(30)31-2)7-9-16(13)20-10-8-15(32-20)12-17-21(28)26-24(33)27(22(17)29)19-6-4-3-5-18(19)25/h3-12H,1-2H3,(H,26,28,33). The summed E-state index contributed by atoms with van der Waals surface area (Å²) in [7, 11) is 1.31. The van der Waals surface area contributed by atoms with Crippen LogP contribution >= 0.6 is 12.2 Å². The SMILES string of the molecule is COC(=O)c1ccc(-c2ccc(C=C3C(=O)NC(=S)N(c4ccccc4F)C3=O)o2)c(C)c1. The fraction of sp³-hybridized carbons (Fsp3) is 0.0833. The second kappa shape index (κ2) is 8.79. The first kappa shape index (κ1) is 22.1. The fourth-order valence-electron chi connectivity index (χ4n) is 3.41. The largest absolute Gasteiger partial charge is 0.465 e. The summed E-state index contributed by atoms with van der Waals surface area (Å²) in [6.45, 7) is 1.81. The Kier molecular flexibility index (Phi) is 5.89. The molecule has 0 bridgehead atoms. The maximum atomic E-state index is 14.3. The first-order valence-corrected chi connectivity index (χ1v) is 10.2. The van der Waals surface area contributed by atoms with Gasteiger partial charge in [0.25, 0.3) is 11.8 Å². The molecule has 1 aromatic heterocycles. The van der Waals surface area contributed by atoms with Gasteiger partial charge in [-0.1, -0.05) is 18.2 Å². The lowest BCUT2D eigenvalue weighted by atomic mass is 10.0. The summed E-state index contributed by atoms with van der Waals surface area (Å²) in [5.74, 6) is -1.88. The molecule has 0 atom stereocenters. The monoisotopic (exact) mass is 464 g/mol. The molecule has 2 heterocycles. The Morgan fingerprint density at radius 1 is 1.15 bits per heavy atom. The minimum Gasteiger partial charge on any atom is -0.465 e. The second-order valence-corrected chi connectivity index (χ2v) is 7.52. The second-order valence-electron chi connectivity index (χ2n) is 7.13. The van der Waals surface area contributed by atoms with Crippen LogP contribution in [-0.2, 0) is 14.3 Å². The van der Waals surface area contributed by atoms with E-state index in [0.29, 0.717) is 11.3 Å². The predicted octanol–water partition coefficient (Wildman–Crippen LogP) is 4.01. The molecular formula is C24H17FN2O5S. The van der Waals surface area contributed by atoms with Gasteiger partial charge in [0.2, 0.25) is 0 Å². The van der Waals surface area contributed by atoms with Gasteiger partial charge < -0.3 is 9.15 Å². The quantitative estimate of drug-likeness (QED) is 0.272. The lowest BCUT2D eigenvalue weighted by Crippen LogP contribution is -2.54. The number of para-hydroxylation sites is 1. The zero-order chi connectivity index (χ0) is 23.7. The molecule has 0 spiro atoms. The van der Waals surface area contributed by atoms with Gasteiger partial charge in [0, 0.05) is 5.56 Å². The number of nitrogens with one attached hydrogen (secondary N) is 1. The van der Waals surface area contributed by atoms with Gasteiger partial charge in [-0.25, -0.2) is 14.1 Å². The highest BCUT2D eigenvalue weighted by Gasteiger charge is 2.35. The Morgan fingerprint density at radius 2 is 1.91 bits per heavy atom. The number of amides is 2. The number of nitrogens with zero attached hydrogens (tertiary/aromatic N) is 1. The van der Waals surface area contributed by atoms with Gasteiger partial charge in [0.05, 0.1) is 18.4 Å². The van der Waals surface area contributed by atoms with Crippen molar-refractivity contribution in [1.29, 1.82) is 0 Å². The number of thiocarbonyl (C=S) groups is 1. The van der Waals surface area contributed by atoms with Gasteiger partial charge in [-0.15, -0.1) is 0 Å². The fourth-order valence-corrected chi connectivity index (χ4v) is 3.69. The molecule has 2 aromatic carbocycles. The molecule has 0 radical (unpaired) electrons. The number of benzene rings is 2. The van der Waals surface area contributed by atoms with Gasteiger partial charge in [0.1, 0.15) is 22.9 Å². The Hall–Kier alpha value is -4.11. The molecule has 4 rings (SSSR count). The highest BCUT2D eigenvalue weighted by molar-refractivity contribution is 7.80. The zero-order valence-corrected chi connectivity index (χ0v) is 18.4. The predicted molar refractivity (Wildman–Crippen MR) is 123 cm³/mol. The van der Waals surface area contributed by atoms with E-state index >= 15 is 0 Å². The van der Waals surface area contributed by atoms with Crippen molar-refractivity contribution in [3.05, 3.63) is 82.9 Å². The number of methoxy groups -OCH3 is 1. The summed E-state index contributed by atoms with van der Waals surface area (Å²) < 4.78 is 24.8. The van der Waals surface area contributed by atoms with Crippen molar-refractivity contribution in [2.24, 2.45) is 0 Å². The number of anilines is 1. The van der Waals surface area contributed by atoms with E-state index in [-0.39, 0.29) is 22.1 Å². The van der Waals surface area contributed by atoms with Gasteiger partial charge in [0.15, 0.2) is 5.11 Å². The van der Waals surface area contributed by atoms with Crippen molar-refractivity contribution in [3.8, 4) is 11.3 Å². The van der Waals surface area contributed by atoms with Gasteiger partial charge in [-0.05, 0) is 67.2 Å². The number of halogens is 1. The average molecular weight is 464 g/mol. The van der Waals surface area contributed by atoms with Crippen LogP contribution in [0.1, 0.15) is 21.7 Å². The van der Waals surface area contributed by atoms with E-state index in [9.17, 15) is 18.8 Å². The molecule has 1 fully saturated rings. The number of carbonyl (C=O) groups excluding carboxylic acids is 3. The molecule has 0 saturated carbocycles. The smallest absolute Gasteiger partial charge is 0.337 e. The van der Waals surface area contributed by atoms with Crippen molar-refractivity contribution in [1.82, 2.24) is 5.32 Å². The highest BCUT2D eigenvalue weighted by Crippen LogP contribution is 2.29. The lowest BCUT2D eigenvalue weighted by Gasteiger charge is -2.28. The molecule has 0 unspecified atom stereocenters. The van der Waals surface area contributed by atoms with Crippen molar-refractivity contribution < 1.29 is 27.9 Å². The molecule has 33 heavy (non-hydrogen) atoms. The van der Waals surface area contributed by atoms with Crippen LogP contribution in [0.15, 0.2) is 64.6 Å². The molecule has 1 aliphatic rings. The summed E-state index contributed by atoms with van der Waals surface area (Å²) in [5, 5.41) is 2.19. The molecule has 2 amide bonds. The third-order valence-corrected chi connectivity index (χ3v) is 5.31. The van der Waals surface area contributed by atoms with Crippen LogP contribution in [0.4, 0.5) is 10.1 Å². The third-order valence-electron chi connectivity index (χ3n) is 5.02. The highest BCUT2D eigenvalue weighted by atomic mass is 32.1. The maximum Gasteiger partial charge on any atom is 0.337 e. The summed E-state index contributed by atoms with van der Waals surface area (Å²) in [6.07, 6.45) is 1.27. The molecule has 7 nitrogen and oxygen atoms in total. The average Bonchev–Trinajstić information content (AvgIpc) is 3.25. The molecule has 3 aromatic rings. The van der Waals surface area contributed by atoms with Crippen LogP contribution in [0.25, 0.3) is 17.4 Å². The number of ether oxygens (including phenoxy) is 1. The minimum atomic E-state index is -0.773. The van der Waals surface area contributed by atoms with Gasteiger partial charge in [-0.2, -0.15) is 0 Å². The molecule has 1 saturated heterocycles. The summed E-state index contributed by atoms with van der Waals surface area (Å²) in [4.78, 5) is 38.1. The van der Waals surface area contributed by atoms with Crippen molar-refractivity contribution in [3.63, 3.8) is 0 Å². The Bertz CT molecular complexity index is 1340. The molecule has 9 heteroatoms. The third kappa shape index (κ3) is 4.18. The van der Waals surface area contributed by atoms with Crippen LogP contribution in [0.3, 0.4) is 0 Å². The number of furan rings is 1. The Labute approximate surface area is 193 Å². The van der Waals surface area contributed by atoms with Crippen molar-refractivity contribution in [2.75, 3.05) is 12.0 Å². The zero-order valence-electron chi connectivity index (χ0n) is 17.5. The number of esters is 1. The number of aryl methyl sites for hydroxylation is 1. The van der Waals surface area contributed by atoms with E-state index in [2.05, 4.69) is 5.32 Å². The van der Waals surface area contributed by atoms with Crippen LogP contribution in [0, 0.1) is 12.7 Å². The van der Waals surface area contributed by atoms with E-state index < -0.39 is 23.6 Å². The lowest BCUT2D eigenvalue weighted by molar-refractivity contribution is -0.122. The molecule has 1 N–H and O–H groups in total. The van der Waals surface area contributed by atoms with Crippen molar-refractivity contribution in [2.45, 2.75) is 6.92 Å². The molecule has 1 aliphatic heterocycles. The Balaban J connectivity index is 1.66. The molecule has 166 valence electrons. The summed E-state index contributed by atoms with van der Waals surface area (Å²) in [5.41, 5.74) is 1.57. The number of hydrogen-bond acceptors (Lipinski definition) is 6. The van der Waals surface area contributed by atoms with E-state index in [0.717, 1.165) is 16.0 Å². The minimum absolute atomic E-state index is 0.0696. The van der Waals surface area contributed by atoms with E-state index in [1.807, 2.05) is 6.92 Å². The number of rotatable bonds is 4. The molecular weight excluding hydrogens is 447 g/mol. The summed E-state index contributed by atoms with van der Waals surface area (Å²) in [6, 6.07) is 13.9. The normalized spacial score (nSPS) is 15.1. The number of carbonyl (C=O) groups is 3.